The maximum Gasteiger partial charge on any atom is 0.234 e. The predicted molar refractivity (Wildman–Crippen MR) is 30.5 cm³/mol. The molecule has 0 aromatic rings. The first-order valence-corrected chi connectivity index (χ1v) is 2.82. The monoisotopic (exact) mass is 130 g/mol. The van der Waals surface area contributed by atoms with Gasteiger partial charge in [-0.25, -0.2) is 0 Å². The molecule has 5 nitrogen and oxygen atoms in total. The second kappa shape index (κ2) is 2.51. The summed E-state index contributed by atoms with van der Waals surface area (Å²) in [5.41, 5.74) is 0. The third-order valence-corrected chi connectivity index (χ3v) is 1.20. The van der Waals surface area contributed by atoms with Crippen molar-refractivity contribution in [3.05, 3.63) is 4.91 Å². The molecule has 0 amide bonds. The molecule has 0 bridgehead atoms. The summed E-state index contributed by atoms with van der Waals surface area (Å²) >= 11 is 1.29. The molecule has 8 heavy (non-hydrogen) atoms. The molecule has 0 spiro atoms. The Morgan fingerprint density at radius 1 is 1.75 bits per heavy atom. The van der Waals surface area contributed by atoms with Crippen LogP contribution in [0.5, 0.6) is 0 Å². The quantitative estimate of drug-likeness (QED) is 0.395. The van der Waals surface area contributed by atoms with Crippen LogP contribution < -0.4 is 0 Å². The van der Waals surface area contributed by atoms with Crippen molar-refractivity contribution < 1.29 is 0 Å². The van der Waals surface area contributed by atoms with E-state index in [-0.39, 0.29) is 0 Å². The van der Waals surface area contributed by atoms with Gasteiger partial charge in [0.1, 0.15) is 5.88 Å². The Labute approximate surface area is 49.2 Å². The highest BCUT2D eigenvalue weighted by molar-refractivity contribution is 8.14. The minimum absolute atomic E-state index is 0.347. The van der Waals surface area contributed by atoms with E-state index in [9.17, 15) is 4.91 Å². The van der Waals surface area contributed by atoms with Crippen molar-refractivity contribution in [2.75, 3.05) is 5.88 Å². The fraction of sp³-hybridized carbons (Fsp3) is 0.500. The molecular formula is C2H2N4OS. The van der Waals surface area contributed by atoms with E-state index < -0.39 is 0 Å². The minimum atomic E-state index is 0.347. The maximum atomic E-state index is 9.41. The summed E-state index contributed by atoms with van der Waals surface area (Å²) in [6, 6.07) is 0. The predicted octanol–water partition coefficient (Wildman–Crippen LogP) is 1.18. The Hall–Kier alpha value is -0.780. The van der Waals surface area contributed by atoms with Crippen molar-refractivity contribution >= 4 is 16.9 Å². The number of hydrogen-bond acceptors (Lipinski definition) is 4. The molecule has 0 aliphatic carbocycles. The maximum absolute atomic E-state index is 9.41. The molecule has 1 aliphatic heterocycles. The molecule has 1 rings (SSSR count). The highest BCUT2D eigenvalue weighted by Crippen LogP contribution is 2.13. The minimum Gasteiger partial charge on any atom is -0.175 e. The first kappa shape index (κ1) is 5.36. The van der Waals surface area contributed by atoms with Gasteiger partial charge in [-0.3, -0.25) is 0 Å². The van der Waals surface area contributed by atoms with Crippen molar-refractivity contribution in [1.29, 1.82) is 0 Å². The average Bonchev–Trinajstić information content (AvgIpc) is 2.19. The van der Waals surface area contributed by atoms with Gasteiger partial charge in [0, 0.05) is 0 Å². The Morgan fingerprint density at radius 2 is 2.62 bits per heavy atom. The average molecular weight is 130 g/mol. The Bertz CT molecular complexity index is 152. The van der Waals surface area contributed by atoms with E-state index in [2.05, 4.69) is 20.6 Å². The molecule has 0 saturated carbocycles. The standard InChI is InChI=1S/C2H2N4OS/c7-6-5-2-4-3-1-8-2/h1H2. The fourth-order valence-electron chi connectivity index (χ4n) is 0.289. The summed E-state index contributed by atoms with van der Waals surface area (Å²) in [6.45, 7) is 0. The van der Waals surface area contributed by atoms with Crippen LogP contribution in [-0.4, -0.2) is 11.0 Å². The van der Waals surface area contributed by atoms with Gasteiger partial charge in [-0.1, -0.05) is 16.9 Å². The number of nitroso groups, excluding NO2 is 1. The van der Waals surface area contributed by atoms with Crippen LogP contribution in [0.15, 0.2) is 20.6 Å². The van der Waals surface area contributed by atoms with Gasteiger partial charge in [0.05, 0.1) is 5.29 Å². The van der Waals surface area contributed by atoms with E-state index >= 15 is 0 Å². The first-order chi connectivity index (χ1) is 3.93. The molecule has 6 heteroatoms. The molecule has 1 aliphatic rings. The smallest absolute Gasteiger partial charge is 0.175 e. The van der Waals surface area contributed by atoms with Crippen LogP contribution in [-0.2, 0) is 0 Å². The first-order valence-electron chi connectivity index (χ1n) is 1.84. The molecule has 0 unspecified atom stereocenters. The third-order valence-electron chi connectivity index (χ3n) is 0.534. The van der Waals surface area contributed by atoms with Crippen LogP contribution in [0.3, 0.4) is 0 Å². The number of nitrogens with zero attached hydrogens (tertiary/aromatic N) is 4. The second-order valence-electron chi connectivity index (χ2n) is 0.979. The Balaban J connectivity index is 2.58. The highest BCUT2D eigenvalue weighted by atomic mass is 32.2. The van der Waals surface area contributed by atoms with E-state index in [1.54, 1.807) is 0 Å². The van der Waals surface area contributed by atoms with E-state index in [4.69, 9.17) is 0 Å². The van der Waals surface area contributed by atoms with Gasteiger partial charge < -0.3 is 0 Å². The van der Waals surface area contributed by atoms with Crippen molar-refractivity contribution in [3.63, 3.8) is 0 Å². The van der Waals surface area contributed by atoms with E-state index in [0.717, 1.165) is 0 Å². The van der Waals surface area contributed by atoms with Crippen LogP contribution in [0, 0.1) is 4.91 Å². The summed E-state index contributed by atoms with van der Waals surface area (Å²) in [5.74, 6) is 0.550. The van der Waals surface area contributed by atoms with E-state index in [0.29, 0.717) is 11.0 Å². The molecular weight excluding hydrogens is 128 g/mol. The number of hydrogen-bond donors (Lipinski definition) is 0. The number of thioether (sulfide) groups is 1. The van der Waals surface area contributed by atoms with Gasteiger partial charge in [-0.15, -0.1) is 10.0 Å². The zero-order valence-electron chi connectivity index (χ0n) is 3.81. The summed E-state index contributed by atoms with van der Waals surface area (Å²) in [4.78, 5) is 9.41. The highest BCUT2D eigenvalue weighted by Gasteiger charge is 2.03. The zero-order chi connectivity index (χ0) is 5.82. The molecule has 42 valence electrons. The van der Waals surface area contributed by atoms with Crippen LogP contribution in [0.4, 0.5) is 0 Å². The lowest BCUT2D eigenvalue weighted by molar-refractivity contribution is 1.17. The van der Waals surface area contributed by atoms with Crippen LogP contribution in [0.25, 0.3) is 0 Å². The van der Waals surface area contributed by atoms with E-state index in [1.165, 1.54) is 11.8 Å². The topological polar surface area (TPSA) is 66.5 Å². The summed E-state index contributed by atoms with van der Waals surface area (Å²) < 4.78 is 0. The summed E-state index contributed by atoms with van der Waals surface area (Å²) in [7, 11) is 0. The van der Waals surface area contributed by atoms with Crippen LogP contribution in [0.2, 0.25) is 0 Å². The summed E-state index contributed by atoms with van der Waals surface area (Å²) in [6.07, 6.45) is 0. The molecule has 0 radical (unpaired) electrons. The third kappa shape index (κ3) is 1.09. The summed E-state index contributed by atoms with van der Waals surface area (Å²) in [5, 5.41) is 12.8. The number of amidine groups is 1. The largest absolute Gasteiger partial charge is 0.234 e. The molecule has 1 heterocycles. The van der Waals surface area contributed by atoms with Gasteiger partial charge in [-0.05, 0) is 0 Å². The van der Waals surface area contributed by atoms with Crippen molar-refractivity contribution in [2.45, 2.75) is 0 Å². The normalized spacial score (nSPS) is 22.2. The Kier molecular flexibility index (Phi) is 1.68. The lowest BCUT2D eigenvalue weighted by atomic mass is 11.3. The van der Waals surface area contributed by atoms with E-state index in [1.807, 2.05) is 0 Å². The number of rotatable bonds is 1. The molecule has 0 N–H and O–H groups in total. The van der Waals surface area contributed by atoms with Crippen LogP contribution >= 0.6 is 11.8 Å². The van der Waals surface area contributed by atoms with Crippen molar-refractivity contribution in [2.24, 2.45) is 20.6 Å². The van der Waals surface area contributed by atoms with Gasteiger partial charge in [0.2, 0.25) is 5.17 Å². The van der Waals surface area contributed by atoms with Crippen molar-refractivity contribution in [3.8, 4) is 0 Å². The van der Waals surface area contributed by atoms with Gasteiger partial charge in [0.25, 0.3) is 0 Å². The van der Waals surface area contributed by atoms with Gasteiger partial charge in [0.15, 0.2) is 0 Å². The molecule has 0 saturated heterocycles. The lowest BCUT2D eigenvalue weighted by Crippen LogP contribution is -1.75. The number of azo groups is 1. The van der Waals surface area contributed by atoms with Crippen molar-refractivity contribution in [1.82, 2.24) is 0 Å². The van der Waals surface area contributed by atoms with Gasteiger partial charge in [-0.2, -0.15) is 5.11 Å². The Morgan fingerprint density at radius 3 is 3.12 bits per heavy atom. The van der Waals surface area contributed by atoms with Crippen LogP contribution in [0.1, 0.15) is 0 Å². The molecule has 0 atom stereocenters. The molecule has 0 aromatic carbocycles. The molecule has 0 fully saturated rings. The second-order valence-corrected chi connectivity index (χ2v) is 1.89. The fourth-order valence-corrected chi connectivity index (χ4v) is 0.726. The SMILES string of the molecule is O=NN=C1N=NCS1. The zero-order valence-corrected chi connectivity index (χ0v) is 4.63. The van der Waals surface area contributed by atoms with Gasteiger partial charge >= 0.3 is 0 Å². The molecule has 0 aromatic heterocycles. The lowest BCUT2D eigenvalue weighted by Gasteiger charge is -1.75.